The average Bonchev–Trinajstić information content (AvgIpc) is 3.37. The number of carbonyl (C=O) groups excluding carboxylic acids is 2. The largest absolute Gasteiger partial charge is 0.503 e. The van der Waals surface area contributed by atoms with Gasteiger partial charge in [0, 0.05) is 25.8 Å². The van der Waals surface area contributed by atoms with Gasteiger partial charge >= 0.3 is 0 Å². The number of ketones is 1. The van der Waals surface area contributed by atoms with E-state index in [-0.39, 0.29) is 16.8 Å². The highest BCUT2D eigenvalue weighted by molar-refractivity contribution is 7.17. The van der Waals surface area contributed by atoms with Gasteiger partial charge in [-0.15, -0.1) is 11.3 Å². The van der Waals surface area contributed by atoms with Crippen LogP contribution in [0.2, 0.25) is 0 Å². The maximum atomic E-state index is 13.9. The summed E-state index contributed by atoms with van der Waals surface area (Å²) in [6.45, 7) is 9.02. The maximum Gasteiger partial charge on any atom is 0.290 e. The summed E-state index contributed by atoms with van der Waals surface area (Å²) in [5.41, 5.74) is 3.50. The van der Waals surface area contributed by atoms with Gasteiger partial charge in [-0.05, 0) is 29.9 Å². The zero-order chi connectivity index (χ0) is 26.0. The lowest BCUT2D eigenvalue weighted by molar-refractivity contribution is -0.129. The smallest absolute Gasteiger partial charge is 0.290 e. The van der Waals surface area contributed by atoms with Crippen LogP contribution in [-0.2, 0) is 14.9 Å². The number of aryl methyl sites for hydroxylation is 1. The number of aliphatic hydroxyl groups excluding tert-OH is 1. The molecule has 0 aliphatic carbocycles. The molecule has 1 aliphatic rings. The summed E-state index contributed by atoms with van der Waals surface area (Å²) in [4.78, 5) is 33.7. The number of benzene rings is 2. The average molecular weight is 505 g/mol. The van der Waals surface area contributed by atoms with Gasteiger partial charge in [-0.1, -0.05) is 75.4 Å². The molecule has 0 fully saturated rings. The van der Waals surface area contributed by atoms with Crippen LogP contribution in [0.5, 0.6) is 0 Å². The van der Waals surface area contributed by atoms with Crippen LogP contribution in [0.1, 0.15) is 59.7 Å². The molecule has 6 nitrogen and oxygen atoms in total. The zero-order valence-electron chi connectivity index (χ0n) is 21.4. The van der Waals surface area contributed by atoms with Gasteiger partial charge in [-0.3, -0.25) is 9.59 Å². The van der Waals surface area contributed by atoms with Gasteiger partial charge in [0.2, 0.25) is 5.78 Å². The fourth-order valence-corrected chi connectivity index (χ4v) is 5.47. The first-order valence-corrected chi connectivity index (χ1v) is 12.9. The summed E-state index contributed by atoms with van der Waals surface area (Å²) in [6, 6.07) is 16.9. The molecule has 1 N–H and O–H groups in total. The lowest BCUT2D eigenvalue weighted by atomic mass is 9.85. The highest BCUT2D eigenvalue weighted by Gasteiger charge is 2.44. The predicted molar refractivity (Wildman–Crippen MR) is 142 cm³/mol. The van der Waals surface area contributed by atoms with E-state index in [9.17, 15) is 14.7 Å². The molecule has 0 radical (unpaired) electrons. The molecule has 4 rings (SSSR count). The molecule has 0 spiro atoms. The third-order valence-electron chi connectivity index (χ3n) is 6.41. The quantitative estimate of drug-likeness (QED) is 0.299. The summed E-state index contributed by atoms with van der Waals surface area (Å²) >= 11 is 1.28. The number of carbonyl (C=O) groups is 2. The van der Waals surface area contributed by atoms with Crippen LogP contribution in [0.25, 0.3) is 10.6 Å². The van der Waals surface area contributed by atoms with E-state index < -0.39 is 17.7 Å². The molecule has 36 heavy (non-hydrogen) atoms. The monoisotopic (exact) mass is 504 g/mol. The lowest BCUT2D eigenvalue weighted by Crippen LogP contribution is -2.32. The van der Waals surface area contributed by atoms with E-state index in [1.807, 2.05) is 54.6 Å². The Labute approximate surface area is 216 Å². The van der Waals surface area contributed by atoms with Crippen molar-refractivity contribution in [3.63, 3.8) is 0 Å². The van der Waals surface area contributed by atoms with Crippen LogP contribution in [-0.4, -0.2) is 46.9 Å². The van der Waals surface area contributed by atoms with E-state index >= 15 is 0 Å². The predicted octanol–water partition coefficient (Wildman–Crippen LogP) is 6.03. The fraction of sp³-hybridized carbons (Fsp3) is 0.345. The van der Waals surface area contributed by atoms with E-state index in [4.69, 9.17) is 4.74 Å². The zero-order valence-corrected chi connectivity index (χ0v) is 22.2. The van der Waals surface area contributed by atoms with Crippen LogP contribution in [0.4, 0.5) is 0 Å². The second-order valence-corrected chi connectivity index (χ2v) is 11.0. The van der Waals surface area contributed by atoms with Crippen molar-refractivity contribution in [2.45, 2.75) is 45.6 Å². The van der Waals surface area contributed by atoms with Crippen molar-refractivity contribution in [1.29, 1.82) is 0 Å². The molecule has 1 unspecified atom stereocenters. The number of hydrogen-bond acceptors (Lipinski definition) is 6. The van der Waals surface area contributed by atoms with E-state index in [0.29, 0.717) is 30.1 Å². The SMILES string of the molecule is COCCCN1C(=O)C(O)=C(C(=O)c2sc(-c3ccccc3)nc2C)C1c1ccc(C(C)(C)C)cc1. The summed E-state index contributed by atoms with van der Waals surface area (Å²) in [7, 11) is 1.61. The lowest BCUT2D eigenvalue weighted by Gasteiger charge is -2.27. The topological polar surface area (TPSA) is 79.7 Å². The Hall–Kier alpha value is -3.29. The molecule has 2 heterocycles. The summed E-state index contributed by atoms with van der Waals surface area (Å²) in [5, 5.41) is 11.7. The van der Waals surface area contributed by atoms with Gasteiger partial charge in [0.05, 0.1) is 22.2 Å². The number of amides is 1. The Morgan fingerprint density at radius 3 is 2.39 bits per heavy atom. The number of aliphatic hydroxyl groups is 1. The number of methoxy groups -OCH3 is 1. The van der Waals surface area contributed by atoms with Gasteiger partial charge in [0.15, 0.2) is 5.76 Å². The molecule has 2 aromatic carbocycles. The van der Waals surface area contributed by atoms with Crippen molar-refractivity contribution in [2.75, 3.05) is 20.3 Å². The molecule has 1 aliphatic heterocycles. The van der Waals surface area contributed by atoms with Gasteiger partial charge in [0.1, 0.15) is 5.01 Å². The molecule has 0 saturated carbocycles. The maximum absolute atomic E-state index is 13.9. The number of Topliss-reactive ketones (excluding diaryl/α,β-unsaturated/α-hetero) is 1. The molecule has 188 valence electrons. The first-order chi connectivity index (χ1) is 17.1. The second kappa shape index (κ2) is 10.4. The van der Waals surface area contributed by atoms with Crippen molar-refractivity contribution in [3.8, 4) is 10.6 Å². The molecule has 1 amide bonds. The number of thiazole rings is 1. The van der Waals surface area contributed by atoms with Crippen molar-refractivity contribution in [3.05, 3.63) is 87.6 Å². The molecular formula is C29H32N2O4S. The number of nitrogens with zero attached hydrogens (tertiary/aromatic N) is 2. The third kappa shape index (κ3) is 4.99. The highest BCUT2D eigenvalue weighted by atomic mass is 32.1. The molecular weight excluding hydrogens is 472 g/mol. The Morgan fingerprint density at radius 2 is 1.78 bits per heavy atom. The van der Waals surface area contributed by atoms with Crippen molar-refractivity contribution in [1.82, 2.24) is 9.88 Å². The van der Waals surface area contributed by atoms with Gasteiger partial charge in [-0.25, -0.2) is 4.98 Å². The molecule has 3 aromatic rings. The van der Waals surface area contributed by atoms with Crippen molar-refractivity contribution < 1.29 is 19.4 Å². The molecule has 0 saturated heterocycles. The Kier molecular flexibility index (Phi) is 7.43. The fourth-order valence-electron chi connectivity index (χ4n) is 4.44. The van der Waals surface area contributed by atoms with E-state index in [2.05, 4.69) is 25.8 Å². The standard InChI is InChI=1S/C29H32N2O4S/c1-18-26(36-27(30-18)20-10-7-6-8-11-20)24(32)22-23(19-12-14-21(15-13-19)29(2,3)4)31(16-9-17-35-5)28(34)25(22)33/h6-8,10-15,23,33H,9,16-17H2,1-5H3. The normalized spacial score (nSPS) is 16.2. The van der Waals surface area contributed by atoms with Crippen LogP contribution < -0.4 is 0 Å². The third-order valence-corrected chi connectivity index (χ3v) is 7.62. The van der Waals surface area contributed by atoms with Crippen molar-refractivity contribution >= 4 is 23.0 Å². The summed E-state index contributed by atoms with van der Waals surface area (Å²) in [5.74, 6) is -1.39. The number of ether oxygens (including phenoxy) is 1. The van der Waals surface area contributed by atoms with Crippen LogP contribution >= 0.6 is 11.3 Å². The minimum atomic E-state index is -0.683. The summed E-state index contributed by atoms with van der Waals surface area (Å²) in [6.07, 6.45) is 0.589. The number of hydrogen-bond donors (Lipinski definition) is 1. The summed E-state index contributed by atoms with van der Waals surface area (Å²) < 4.78 is 5.17. The molecule has 1 aromatic heterocycles. The first-order valence-electron chi connectivity index (χ1n) is 12.0. The Morgan fingerprint density at radius 1 is 1.11 bits per heavy atom. The minimum Gasteiger partial charge on any atom is -0.503 e. The Balaban J connectivity index is 1.76. The Bertz CT molecular complexity index is 1290. The minimum absolute atomic E-state index is 0.0353. The van der Waals surface area contributed by atoms with E-state index in [1.54, 1.807) is 18.9 Å². The molecule has 0 bridgehead atoms. The van der Waals surface area contributed by atoms with Gasteiger partial charge < -0.3 is 14.7 Å². The number of aromatic nitrogens is 1. The molecule has 1 atom stereocenters. The highest BCUT2D eigenvalue weighted by Crippen LogP contribution is 2.41. The van der Waals surface area contributed by atoms with Gasteiger partial charge in [0.25, 0.3) is 5.91 Å². The van der Waals surface area contributed by atoms with E-state index in [0.717, 1.165) is 21.7 Å². The van der Waals surface area contributed by atoms with Gasteiger partial charge in [-0.2, -0.15) is 0 Å². The second-order valence-electron chi connectivity index (χ2n) is 10.0. The van der Waals surface area contributed by atoms with Crippen LogP contribution in [0.15, 0.2) is 65.9 Å². The molecule has 7 heteroatoms. The van der Waals surface area contributed by atoms with Crippen LogP contribution in [0, 0.1) is 6.92 Å². The van der Waals surface area contributed by atoms with E-state index in [1.165, 1.54) is 11.3 Å². The van der Waals surface area contributed by atoms with Crippen LogP contribution in [0.3, 0.4) is 0 Å². The van der Waals surface area contributed by atoms with Crippen molar-refractivity contribution in [2.24, 2.45) is 0 Å². The first kappa shape index (κ1) is 25.8. The number of rotatable bonds is 8.